The maximum atomic E-state index is 12.6. The van der Waals surface area contributed by atoms with Crippen molar-refractivity contribution in [3.63, 3.8) is 0 Å². The standard InChI is InChI=1S/C11H11F3N2O3S/c1-6(17)9-4-8(16(18)19)10(20-9)15(7-2-3-7)5-11(12,13)14/h4,7H,2-3,5H2,1H3. The molecule has 1 heterocycles. The van der Waals surface area contributed by atoms with Crippen LogP contribution < -0.4 is 4.90 Å². The molecular weight excluding hydrogens is 297 g/mol. The largest absolute Gasteiger partial charge is 0.405 e. The number of thiophene rings is 1. The van der Waals surface area contributed by atoms with Crippen molar-refractivity contribution in [2.45, 2.75) is 32.0 Å². The predicted molar refractivity (Wildman–Crippen MR) is 67.4 cm³/mol. The summed E-state index contributed by atoms with van der Waals surface area (Å²) in [5, 5.41) is 10.9. The number of nitro groups is 1. The topological polar surface area (TPSA) is 63.4 Å². The van der Waals surface area contributed by atoms with E-state index < -0.39 is 29.1 Å². The zero-order valence-corrected chi connectivity index (χ0v) is 11.3. The Labute approximate surface area is 116 Å². The summed E-state index contributed by atoms with van der Waals surface area (Å²) in [6.07, 6.45) is -3.31. The van der Waals surface area contributed by atoms with E-state index in [0.29, 0.717) is 12.8 Å². The number of hydrogen-bond donors (Lipinski definition) is 0. The zero-order chi connectivity index (χ0) is 15.1. The number of carbonyl (C=O) groups excluding carboxylic acids is 1. The molecular formula is C11H11F3N2O3S. The quantitative estimate of drug-likeness (QED) is 0.475. The third-order valence-corrected chi connectivity index (χ3v) is 4.10. The summed E-state index contributed by atoms with van der Waals surface area (Å²) < 4.78 is 37.8. The minimum absolute atomic E-state index is 0.0833. The number of Topliss-reactive ketones (excluding diaryl/α,β-unsaturated/α-hetero) is 1. The van der Waals surface area contributed by atoms with Gasteiger partial charge in [-0.1, -0.05) is 0 Å². The van der Waals surface area contributed by atoms with E-state index in [0.717, 1.165) is 22.3 Å². The van der Waals surface area contributed by atoms with Crippen molar-refractivity contribution in [2.75, 3.05) is 11.4 Å². The van der Waals surface area contributed by atoms with Gasteiger partial charge >= 0.3 is 11.9 Å². The molecule has 20 heavy (non-hydrogen) atoms. The fourth-order valence-electron chi connectivity index (χ4n) is 1.83. The van der Waals surface area contributed by atoms with E-state index in [4.69, 9.17) is 0 Å². The van der Waals surface area contributed by atoms with Gasteiger partial charge in [-0.25, -0.2) is 0 Å². The smallest absolute Gasteiger partial charge is 0.346 e. The van der Waals surface area contributed by atoms with Crippen LogP contribution in [0.25, 0.3) is 0 Å². The van der Waals surface area contributed by atoms with Crippen LogP contribution in [0.1, 0.15) is 29.4 Å². The number of alkyl halides is 3. The van der Waals surface area contributed by atoms with Crippen molar-refractivity contribution in [3.05, 3.63) is 21.1 Å². The molecule has 0 radical (unpaired) electrons. The van der Waals surface area contributed by atoms with Crippen molar-refractivity contribution in [1.29, 1.82) is 0 Å². The summed E-state index contributed by atoms with van der Waals surface area (Å²) in [5.41, 5.74) is -0.434. The van der Waals surface area contributed by atoms with Crippen LogP contribution in [0.15, 0.2) is 6.07 Å². The second-order valence-electron chi connectivity index (χ2n) is 4.59. The van der Waals surface area contributed by atoms with E-state index in [1.54, 1.807) is 0 Å². The summed E-state index contributed by atoms with van der Waals surface area (Å²) in [5.74, 6) is -0.396. The van der Waals surface area contributed by atoms with Gasteiger partial charge < -0.3 is 4.90 Å². The molecule has 0 aromatic carbocycles. The maximum absolute atomic E-state index is 12.6. The van der Waals surface area contributed by atoms with E-state index >= 15 is 0 Å². The van der Waals surface area contributed by atoms with E-state index in [9.17, 15) is 28.1 Å². The van der Waals surface area contributed by atoms with Crippen LogP contribution in [0, 0.1) is 10.1 Å². The molecule has 1 aromatic rings. The van der Waals surface area contributed by atoms with Gasteiger partial charge in [0.2, 0.25) is 0 Å². The molecule has 0 spiro atoms. The normalized spacial score (nSPS) is 15.2. The highest BCUT2D eigenvalue weighted by Crippen LogP contribution is 2.44. The number of nitrogens with zero attached hydrogens (tertiary/aromatic N) is 2. The van der Waals surface area contributed by atoms with Gasteiger partial charge in [0.1, 0.15) is 6.54 Å². The van der Waals surface area contributed by atoms with Gasteiger partial charge in [-0.15, -0.1) is 11.3 Å². The third-order valence-electron chi connectivity index (χ3n) is 2.84. The Morgan fingerprint density at radius 2 is 2.15 bits per heavy atom. The SMILES string of the molecule is CC(=O)c1cc([N+](=O)[O-])c(N(CC(F)(F)F)C2CC2)s1. The van der Waals surface area contributed by atoms with Gasteiger partial charge in [-0.2, -0.15) is 13.2 Å². The minimum Gasteiger partial charge on any atom is -0.346 e. The summed E-state index contributed by atoms with van der Waals surface area (Å²) in [4.78, 5) is 22.6. The lowest BCUT2D eigenvalue weighted by Crippen LogP contribution is -2.35. The van der Waals surface area contributed by atoms with Gasteiger partial charge in [0.25, 0.3) is 0 Å². The summed E-state index contributed by atoms with van der Waals surface area (Å²) in [6, 6.07) is 0.711. The third kappa shape index (κ3) is 3.27. The average Bonchev–Trinajstić information content (AvgIpc) is 3.02. The number of ketones is 1. The van der Waals surface area contributed by atoms with E-state index in [-0.39, 0.29) is 15.9 Å². The molecule has 0 saturated heterocycles. The fourth-order valence-corrected chi connectivity index (χ4v) is 2.92. The van der Waals surface area contributed by atoms with Crippen molar-refractivity contribution >= 4 is 27.8 Å². The minimum atomic E-state index is -4.45. The first-order valence-corrected chi connectivity index (χ1v) is 6.63. The Hall–Kier alpha value is -1.64. The maximum Gasteiger partial charge on any atom is 0.405 e. The Balaban J connectivity index is 2.41. The van der Waals surface area contributed by atoms with Gasteiger partial charge in [0.15, 0.2) is 10.8 Å². The van der Waals surface area contributed by atoms with Crippen LogP contribution in [0.4, 0.5) is 23.9 Å². The highest BCUT2D eigenvalue weighted by molar-refractivity contribution is 7.18. The molecule has 2 rings (SSSR count). The molecule has 1 fully saturated rings. The van der Waals surface area contributed by atoms with Crippen molar-refractivity contribution in [1.82, 2.24) is 0 Å². The first-order chi connectivity index (χ1) is 9.19. The average molecular weight is 308 g/mol. The van der Waals surface area contributed by atoms with E-state index in [1.807, 2.05) is 0 Å². The summed E-state index contributed by atoms with van der Waals surface area (Å²) in [7, 11) is 0. The van der Waals surface area contributed by atoms with Gasteiger partial charge in [0, 0.05) is 12.1 Å². The number of anilines is 1. The monoisotopic (exact) mass is 308 g/mol. The van der Waals surface area contributed by atoms with Crippen LogP contribution in [-0.2, 0) is 0 Å². The number of hydrogen-bond acceptors (Lipinski definition) is 5. The van der Waals surface area contributed by atoms with Crippen molar-refractivity contribution in [2.24, 2.45) is 0 Å². The molecule has 0 bridgehead atoms. The number of halogens is 3. The van der Waals surface area contributed by atoms with Crippen LogP contribution in [-0.4, -0.2) is 29.5 Å². The van der Waals surface area contributed by atoms with Crippen molar-refractivity contribution < 1.29 is 22.9 Å². The lowest BCUT2D eigenvalue weighted by molar-refractivity contribution is -0.383. The van der Waals surface area contributed by atoms with Gasteiger partial charge in [0.05, 0.1) is 9.80 Å². The lowest BCUT2D eigenvalue weighted by atomic mass is 10.3. The Morgan fingerprint density at radius 1 is 1.55 bits per heavy atom. The highest BCUT2D eigenvalue weighted by Gasteiger charge is 2.41. The molecule has 0 unspecified atom stereocenters. The van der Waals surface area contributed by atoms with Gasteiger partial charge in [-0.05, 0) is 19.8 Å². The predicted octanol–water partition coefficient (Wildman–Crippen LogP) is 3.39. The van der Waals surface area contributed by atoms with Gasteiger partial charge in [-0.3, -0.25) is 14.9 Å². The number of carbonyl (C=O) groups is 1. The van der Waals surface area contributed by atoms with E-state index in [2.05, 4.69) is 0 Å². The molecule has 110 valence electrons. The first-order valence-electron chi connectivity index (χ1n) is 5.81. The number of rotatable bonds is 5. The summed E-state index contributed by atoms with van der Waals surface area (Å²) in [6.45, 7) is -0.0130. The van der Waals surface area contributed by atoms with Crippen LogP contribution in [0.2, 0.25) is 0 Å². The van der Waals surface area contributed by atoms with E-state index in [1.165, 1.54) is 6.92 Å². The molecule has 0 amide bonds. The Morgan fingerprint density at radius 3 is 2.55 bits per heavy atom. The molecule has 1 aliphatic rings. The molecule has 0 aliphatic heterocycles. The van der Waals surface area contributed by atoms with Crippen LogP contribution >= 0.6 is 11.3 Å². The molecule has 1 aromatic heterocycles. The second kappa shape index (κ2) is 5.04. The Kier molecular flexibility index (Phi) is 3.72. The molecule has 1 aliphatic carbocycles. The highest BCUT2D eigenvalue weighted by atomic mass is 32.1. The Bertz CT molecular complexity index is 552. The second-order valence-corrected chi connectivity index (χ2v) is 5.62. The molecule has 0 N–H and O–H groups in total. The zero-order valence-electron chi connectivity index (χ0n) is 10.4. The van der Waals surface area contributed by atoms with Crippen molar-refractivity contribution in [3.8, 4) is 0 Å². The van der Waals surface area contributed by atoms with Crippen LogP contribution in [0.5, 0.6) is 0 Å². The van der Waals surface area contributed by atoms with Crippen LogP contribution in [0.3, 0.4) is 0 Å². The first kappa shape index (κ1) is 14.8. The molecule has 5 nitrogen and oxygen atoms in total. The molecule has 1 saturated carbocycles. The summed E-state index contributed by atoms with van der Waals surface area (Å²) >= 11 is 0.748. The lowest BCUT2D eigenvalue weighted by Gasteiger charge is -2.23. The molecule has 0 atom stereocenters. The molecule has 9 heteroatoms. The fraction of sp³-hybridized carbons (Fsp3) is 0.545.